The minimum Gasteiger partial charge on any atom is -0.435 e. The van der Waals surface area contributed by atoms with Crippen LogP contribution in [0.2, 0.25) is 0 Å². The van der Waals surface area contributed by atoms with Crippen LogP contribution >= 0.6 is 7.76 Å². The SMILES string of the molecule is CCCCCc1ccp2c1O2. The molecule has 0 amide bonds. The fourth-order valence-electron chi connectivity index (χ4n) is 1.36. The number of rotatable bonds is 4. The van der Waals surface area contributed by atoms with Gasteiger partial charge in [-0.3, -0.25) is 0 Å². The van der Waals surface area contributed by atoms with Gasteiger partial charge in [-0.1, -0.05) is 19.8 Å². The van der Waals surface area contributed by atoms with E-state index >= 15 is 0 Å². The summed E-state index contributed by atoms with van der Waals surface area (Å²) in [5, 5.41) is 0. The molecule has 60 valence electrons. The van der Waals surface area contributed by atoms with E-state index in [4.69, 9.17) is 4.52 Å². The van der Waals surface area contributed by atoms with E-state index in [-0.39, 0.29) is 7.76 Å². The van der Waals surface area contributed by atoms with Gasteiger partial charge in [-0.25, -0.2) is 0 Å². The van der Waals surface area contributed by atoms with Gasteiger partial charge in [0.1, 0.15) is 7.76 Å². The third kappa shape index (κ3) is 1.44. The first-order valence-corrected chi connectivity index (χ1v) is 5.63. The number of unbranched alkanes of at least 4 members (excludes halogenated alkanes) is 2. The van der Waals surface area contributed by atoms with Gasteiger partial charge >= 0.3 is 0 Å². The van der Waals surface area contributed by atoms with Crippen molar-refractivity contribution in [2.75, 3.05) is 0 Å². The standard InChI is InChI=1S/C9H13OP/c1-2-3-4-5-8-6-7-11-9(8)10-11/h6-7H,2-5H2,1H3. The summed E-state index contributed by atoms with van der Waals surface area (Å²) in [4.78, 5) is 0. The molecule has 1 nitrogen and oxygen atoms in total. The average Bonchev–Trinajstić information content (AvgIpc) is 2.70. The molecular formula is C9H13OP. The molecule has 0 saturated carbocycles. The molecule has 1 aliphatic heterocycles. The maximum atomic E-state index is 5.35. The third-order valence-electron chi connectivity index (χ3n) is 2.09. The molecule has 0 N–H and O–H groups in total. The Kier molecular flexibility index (Phi) is 1.91. The summed E-state index contributed by atoms with van der Waals surface area (Å²) in [6.45, 7) is 2.24. The van der Waals surface area contributed by atoms with Crippen LogP contribution in [0.1, 0.15) is 31.7 Å². The summed E-state index contributed by atoms with van der Waals surface area (Å²) >= 11 is 0. The zero-order valence-electron chi connectivity index (χ0n) is 6.84. The highest BCUT2D eigenvalue weighted by atomic mass is 31.1. The van der Waals surface area contributed by atoms with E-state index in [1.807, 2.05) is 0 Å². The van der Waals surface area contributed by atoms with Crippen molar-refractivity contribution in [2.24, 2.45) is 0 Å². The van der Waals surface area contributed by atoms with E-state index in [1.165, 1.54) is 36.7 Å². The molecule has 1 aromatic rings. The molecular weight excluding hydrogens is 155 g/mol. The van der Waals surface area contributed by atoms with Crippen molar-refractivity contribution in [1.82, 2.24) is 0 Å². The minimum absolute atomic E-state index is 0.159. The highest BCUT2D eigenvalue weighted by molar-refractivity contribution is 7.53. The molecule has 2 heteroatoms. The van der Waals surface area contributed by atoms with Crippen molar-refractivity contribution in [2.45, 2.75) is 32.6 Å². The lowest BCUT2D eigenvalue weighted by molar-refractivity contribution is 0.687. The second-order valence-electron chi connectivity index (χ2n) is 3.02. The monoisotopic (exact) mass is 168 g/mol. The lowest BCUT2D eigenvalue weighted by Crippen LogP contribution is -1.81. The van der Waals surface area contributed by atoms with Gasteiger partial charge in [0.25, 0.3) is 0 Å². The van der Waals surface area contributed by atoms with E-state index in [0.717, 1.165) is 0 Å². The third-order valence-corrected chi connectivity index (χ3v) is 3.50. The molecule has 1 atom stereocenters. The van der Waals surface area contributed by atoms with Gasteiger partial charge < -0.3 is 4.52 Å². The van der Waals surface area contributed by atoms with Gasteiger partial charge in [-0.05, 0) is 24.7 Å². The van der Waals surface area contributed by atoms with E-state index in [2.05, 4.69) is 18.8 Å². The summed E-state index contributed by atoms with van der Waals surface area (Å²) in [7, 11) is -0.159. The molecule has 1 unspecified atom stereocenters. The summed E-state index contributed by atoms with van der Waals surface area (Å²) in [5.74, 6) is 2.21. The first kappa shape index (κ1) is 7.24. The molecule has 0 radical (unpaired) electrons. The van der Waals surface area contributed by atoms with Gasteiger partial charge in [-0.2, -0.15) is 0 Å². The Labute approximate surface area is 68.5 Å². The van der Waals surface area contributed by atoms with Crippen molar-refractivity contribution in [1.29, 1.82) is 0 Å². The van der Waals surface area contributed by atoms with Gasteiger partial charge in [0, 0.05) is 5.56 Å². The van der Waals surface area contributed by atoms with E-state index in [1.54, 1.807) is 0 Å². The average molecular weight is 168 g/mol. The van der Waals surface area contributed by atoms with Crippen molar-refractivity contribution < 1.29 is 4.52 Å². The first-order valence-electron chi connectivity index (χ1n) is 4.30. The molecule has 0 fully saturated rings. The van der Waals surface area contributed by atoms with Gasteiger partial charge in [-0.15, -0.1) is 0 Å². The Balaban J connectivity index is 1.84. The Morgan fingerprint density at radius 3 is 2.91 bits per heavy atom. The molecule has 1 aliphatic rings. The molecule has 0 aliphatic carbocycles. The molecule has 2 rings (SSSR count). The fraction of sp³-hybridized carbons (Fsp3) is 0.556. The highest BCUT2D eigenvalue weighted by Crippen LogP contribution is 2.60. The Bertz CT molecular complexity index is 252. The maximum Gasteiger partial charge on any atom is 0.190 e. The number of hydrogen-bond acceptors (Lipinski definition) is 1. The zero-order valence-corrected chi connectivity index (χ0v) is 7.73. The zero-order chi connectivity index (χ0) is 7.68. The second-order valence-corrected chi connectivity index (χ2v) is 4.56. The maximum absolute atomic E-state index is 5.35. The van der Waals surface area contributed by atoms with Crippen molar-refractivity contribution >= 4 is 7.76 Å². The Hall–Kier alpha value is -0.420. The van der Waals surface area contributed by atoms with Crippen molar-refractivity contribution in [3.8, 4) is 5.48 Å². The fourth-order valence-corrected chi connectivity index (χ4v) is 2.74. The summed E-state index contributed by atoms with van der Waals surface area (Å²) in [5.41, 5.74) is 2.79. The predicted molar refractivity (Wildman–Crippen MR) is 48.4 cm³/mol. The predicted octanol–water partition coefficient (Wildman–Crippen LogP) is 3.56. The number of aryl methyl sites for hydroxylation is 1. The molecule has 11 heavy (non-hydrogen) atoms. The quantitative estimate of drug-likeness (QED) is 0.502. The lowest BCUT2D eigenvalue weighted by atomic mass is 10.1. The van der Waals surface area contributed by atoms with Crippen LogP contribution in [-0.4, -0.2) is 0 Å². The number of fused-ring (bicyclic) bond motifs is 1. The largest absolute Gasteiger partial charge is 0.435 e. The topological polar surface area (TPSA) is 12.5 Å². The van der Waals surface area contributed by atoms with Crippen molar-refractivity contribution in [3.05, 3.63) is 17.4 Å². The smallest absolute Gasteiger partial charge is 0.190 e. The Morgan fingerprint density at radius 1 is 1.45 bits per heavy atom. The highest BCUT2D eigenvalue weighted by Gasteiger charge is 2.24. The van der Waals surface area contributed by atoms with Gasteiger partial charge in [0.05, 0.1) is 0 Å². The van der Waals surface area contributed by atoms with Gasteiger partial charge in [0.15, 0.2) is 5.48 Å². The minimum atomic E-state index is -0.159. The number of hydrogen-bond donors (Lipinski definition) is 0. The van der Waals surface area contributed by atoms with E-state index in [0.29, 0.717) is 0 Å². The Morgan fingerprint density at radius 2 is 2.36 bits per heavy atom. The lowest BCUT2D eigenvalue weighted by Gasteiger charge is -1.94. The van der Waals surface area contributed by atoms with Crippen LogP contribution in [0, 0.1) is 0 Å². The summed E-state index contributed by atoms with van der Waals surface area (Å²) < 4.78 is 5.35. The van der Waals surface area contributed by atoms with E-state index < -0.39 is 0 Å². The molecule has 1 aromatic heterocycles. The summed E-state index contributed by atoms with van der Waals surface area (Å²) in [6.07, 6.45) is 5.22. The van der Waals surface area contributed by atoms with Gasteiger partial charge in [0.2, 0.25) is 0 Å². The van der Waals surface area contributed by atoms with Crippen LogP contribution in [0.3, 0.4) is 0 Å². The molecule has 0 bridgehead atoms. The van der Waals surface area contributed by atoms with Crippen LogP contribution in [-0.2, 0) is 6.42 Å². The van der Waals surface area contributed by atoms with Crippen LogP contribution in [0.25, 0.3) is 0 Å². The van der Waals surface area contributed by atoms with Crippen molar-refractivity contribution in [3.63, 3.8) is 0 Å². The first-order chi connectivity index (χ1) is 5.42. The molecule has 0 spiro atoms. The van der Waals surface area contributed by atoms with Crippen LogP contribution in [0.5, 0.6) is 5.48 Å². The second kappa shape index (κ2) is 2.91. The molecule has 2 heterocycles. The van der Waals surface area contributed by atoms with Crippen LogP contribution in [0.15, 0.2) is 11.9 Å². The molecule has 0 aromatic carbocycles. The van der Waals surface area contributed by atoms with E-state index in [9.17, 15) is 0 Å². The summed E-state index contributed by atoms with van der Waals surface area (Å²) in [6, 6.07) is 2.25. The van der Waals surface area contributed by atoms with Crippen LogP contribution < -0.4 is 4.52 Å². The molecule has 0 saturated heterocycles. The van der Waals surface area contributed by atoms with Crippen LogP contribution in [0.4, 0.5) is 0 Å². The normalized spacial score (nSPS) is 14.1.